The molecule has 156 valence electrons. The molecule has 0 saturated carbocycles. The zero-order chi connectivity index (χ0) is 21.6. The second-order valence-corrected chi connectivity index (χ2v) is 7.42. The molecule has 1 heterocycles. The molecule has 0 radical (unpaired) electrons. The van der Waals surface area contributed by atoms with Crippen LogP contribution < -0.4 is 0 Å². The summed E-state index contributed by atoms with van der Waals surface area (Å²) in [4.78, 5) is 39.1. The van der Waals surface area contributed by atoms with Crippen LogP contribution in [0.2, 0.25) is 0 Å². The Hall–Kier alpha value is -3.09. The minimum absolute atomic E-state index is 0.175. The number of amides is 1. The Morgan fingerprint density at radius 2 is 1.69 bits per heavy atom. The van der Waals surface area contributed by atoms with Gasteiger partial charge in [-0.2, -0.15) is 0 Å². The monoisotopic (exact) mass is 401 g/mol. The maximum atomic E-state index is 12.9. The Morgan fingerprint density at radius 1 is 1.07 bits per heavy atom. The molecular weight excluding hydrogens is 374 g/mol. The smallest absolute Gasteiger partial charge is 0.412 e. The fourth-order valence-corrected chi connectivity index (χ4v) is 2.89. The minimum atomic E-state index is -1.01. The third-order valence-corrected chi connectivity index (χ3v) is 4.07. The molecule has 7 heteroatoms. The first-order valence-corrected chi connectivity index (χ1v) is 9.39. The van der Waals surface area contributed by atoms with Gasteiger partial charge < -0.3 is 14.2 Å². The molecule has 0 saturated heterocycles. The molecule has 2 atom stereocenters. The van der Waals surface area contributed by atoms with Crippen molar-refractivity contribution in [3.05, 3.63) is 53.6 Å². The molecule has 0 unspecified atom stereocenters. The molecular formula is C22H27NO6. The Morgan fingerprint density at radius 3 is 2.24 bits per heavy atom. The van der Waals surface area contributed by atoms with Crippen molar-refractivity contribution < 1.29 is 28.6 Å². The van der Waals surface area contributed by atoms with Crippen LogP contribution in [-0.2, 0) is 23.8 Å². The predicted octanol–water partition coefficient (Wildman–Crippen LogP) is 3.35. The van der Waals surface area contributed by atoms with Crippen molar-refractivity contribution in [1.82, 2.24) is 4.90 Å². The number of carbonyl (C=O) groups excluding carboxylic acids is 3. The average molecular weight is 401 g/mol. The topological polar surface area (TPSA) is 82.1 Å². The number of carbonyl (C=O) groups is 3. The van der Waals surface area contributed by atoms with Crippen molar-refractivity contribution in [2.24, 2.45) is 0 Å². The maximum absolute atomic E-state index is 12.9. The molecule has 0 N–H and O–H groups in total. The molecule has 29 heavy (non-hydrogen) atoms. The van der Waals surface area contributed by atoms with E-state index in [4.69, 9.17) is 14.2 Å². The Bertz CT molecular complexity index is 806. The summed E-state index contributed by atoms with van der Waals surface area (Å²) < 4.78 is 15.5. The predicted molar refractivity (Wildman–Crippen MR) is 108 cm³/mol. The van der Waals surface area contributed by atoms with E-state index in [-0.39, 0.29) is 12.2 Å². The van der Waals surface area contributed by atoms with E-state index < -0.39 is 35.7 Å². The summed E-state index contributed by atoms with van der Waals surface area (Å²) in [5.41, 5.74) is 0.194. The van der Waals surface area contributed by atoms with Gasteiger partial charge in [-0.1, -0.05) is 42.5 Å². The Labute approximate surface area is 170 Å². The molecule has 0 aromatic heterocycles. The fraction of sp³-hybridized carbons (Fsp3) is 0.409. The summed E-state index contributed by atoms with van der Waals surface area (Å²) >= 11 is 0. The number of nitrogens with zero attached hydrogens (tertiary/aromatic N) is 1. The molecule has 1 aliphatic rings. The van der Waals surface area contributed by atoms with Gasteiger partial charge in [-0.3, -0.25) is 4.90 Å². The van der Waals surface area contributed by atoms with E-state index >= 15 is 0 Å². The van der Waals surface area contributed by atoms with E-state index in [1.165, 1.54) is 18.1 Å². The largest absolute Gasteiger partial charge is 0.467 e. The first-order valence-electron chi connectivity index (χ1n) is 9.39. The summed E-state index contributed by atoms with van der Waals surface area (Å²) in [5, 5.41) is 0. The molecule has 0 aliphatic carbocycles. The van der Waals surface area contributed by atoms with Gasteiger partial charge in [0.1, 0.15) is 5.60 Å². The van der Waals surface area contributed by atoms with Crippen molar-refractivity contribution in [3.8, 4) is 0 Å². The first-order chi connectivity index (χ1) is 13.7. The van der Waals surface area contributed by atoms with E-state index in [2.05, 4.69) is 0 Å². The van der Waals surface area contributed by atoms with Crippen molar-refractivity contribution in [2.45, 2.75) is 45.4 Å². The van der Waals surface area contributed by atoms with Gasteiger partial charge in [0.05, 0.1) is 25.3 Å². The minimum Gasteiger partial charge on any atom is -0.467 e. The SMILES string of the molecule is CCOC(=O)/C(=C/c1ccccc1)[C@H]1C=C[C@@H](C(=O)OC)N1C(=O)OC(C)(C)C. The number of ether oxygens (including phenoxy) is 3. The van der Waals surface area contributed by atoms with Gasteiger partial charge in [-0.05, 0) is 39.3 Å². The van der Waals surface area contributed by atoms with Crippen LogP contribution >= 0.6 is 0 Å². The van der Waals surface area contributed by atoms with Crippen LogP contribution in [-0.4, -0.2) is 54.3 Å². The molecule has 2 rings (SSSR count). The second-order valence-electron chi connectivity index (χ2n) is 7.42. The number of rotatable bonds is 5. The summed E-state index contributed by atoms with van der Waals surface area (Å²) in [6.45, 7) is 7.05. The highest BCUT2D eigenvalue weighted by molar-refractivity contribution is 5.97. The first kappa shape index (κ1) is 22.2. The molecule has 1 aliphatic heterocycles. The van der Waals surface area contributed by atoms with Crippen LogP contribution in [0, 0.1) is 0 Å². The molecule has 7 nitrogen and oxygen atoms in total. The van der Waals surface area contributed by atoms with Gasteiger partial charge in [0.2, 0.25) is 0 Å². The molecule has 1 amide bonds. The molecule has 0 spiro atoms. The van der Waals surface area contributed by atoms with Crippen LogP contribution in [0.25, 0.3) is 6.08 Å². The second kappa shape index (κ2) is 9.41. The number of esters is 2. The lowest BCUT2D eigenvalue weighted by molar-refractivity contribution is -0.145. The molecule has 0 bridgehead atoms. The Balaban J connectivity index is 2.49. The van der Waals surface area contributed by atoms with Gasteiger partial charge in [-0.25, -0.2) is 14.4 Å². The number of benzene rings is 1. The van der Waals surface area contributed by atoms with E-state index in [0.29, 0.717) is 0 Å². The highest BCUT2D eigenvalue weighted by atomic mass is 16.6. The van der Waals surface area contributed by atoms with Gasteiger partial charge in [0.25, 0.3) is 0 Å². The Kier molecular flexibility index (Phi) is 7.20. The zero-order valence-corrected chi connectivity index (χ0v) is 17.4. The van der Waals surface area contributed by atoms with Gasteiger partial charge in [0, 0.05) is 0 Å². The number of methoxy groups -OCH3 is 1. The third-order valence-electron chi connectivity index (χ3n) is 4.07. The van der Waals surface area contributed by atoms with Crippen molar-refractivity contribution >= 4 is 24.1 Å². The lowest BCUT2D eigenvalue weighted by Gasteiger charge is -2.32. The molecule has 0 fully saturated rings. The van der Waals surface area contributed by atoms with E-state index in [0.717, 1.165) is 5.56 Å². The lowest BCUT2D eigenvalue weighted by atomic mass is 10.0. The quantitative estimate of drug-likeness (QED) is 0.326. The molecule has 1 aromatic rings. The fourth-order valence-electron chi connectivity index (χ4n) is 2.89. The zero-order valence-electron chi connectivity index (χ0n) is 17.4. The third kappa shape index (κ3) is 5.70. The van der Waals surface area contributed by atoms with E-state index in [9.17, 15) is 14.4 Å². The normalized spacial score (nSPS) is 19.1. The average Bonchev–Trinajstić information content (AvgIpc) is 3.10. The highest BCUT2D eigenvalue weighted by Gasteiger charge is 2.43. The van der Waals surface area contributed by atoms with Gasteiger partial charge >= 0.3 is 18.0 Å². The highest BCUT2D eigenvalue weighted by Crippen LogP contribution is 2.28. The van der Waals surface area contributed by atoms with Crippen molar-refractivity contribution in [3.63, 3.8) is 0 Å². The van der Waals surface area contributed by atoms with Crippen LogP contribution in [0.3, 0.4) is 0 Å². The van der Waals surface area contributed by atoms with E-state index in [1.54, 1.807) is 39.8 Å². The molecule has 1 aromatic carbocycles. The summed E-state index contributed by atoms with van der Waals surface area (Å²) in [7, 11) is 1.24. The number of hydrogen-bond donors (Lipinski definition) is 0. The van der Waals surface area contributed by atoms with Crippen LogP contribution in [0.5, 0.6) is 0 Å². The standard InChI is InChI=1S/C22H27NO6/c1-6-28-19(24)16(14-15-10-8-7-9-11-15)17-12-13-18(20(25)27-5)23(17)21(26)29-22(2,3)4/h7-14,17-18H,6H2,1-5H3/b16-14+/t17-,18+/m1/s1. The number of hydrogen-bond acceptors (Lipinski definition) is 6. The van der Waals surface area contributed by atoms with Gasteiger partial charge in [0.15, 0.2) is 6.04 Å². The summed E-state index contributed by atoms with van der Waals surface area (Å²) in [6.07, 6.45) is 4.05. The lowest BCUT2D eigenvalue weighted by Crippen LogP contribution is -2.49. The van der Waals surface area contributed by atoms with Crippen LogP contribution in [0.1, 0.15) is 33.3 Å². The van der Waals surface area contributed by atoms with Crippen LogP contribution in [0.4, 0.5) is 4.79 Å². The van der Waals surface area contributed by atoms with Crippen LogP contribution in [0.15, 0.2) is 48.1 Å². The van der Waals surface area contributed by atoms with Gasteiger partial charge in [-0.15, -0.1) is 0 Å². The van der Waals surface area contributed by atoms with E-state index in [1.807, 2.05) is 30.3 Å². The van der Waals surface area contributed by atoms with Crippen molar-refractivity contribution in [2.75, 3.05) is 13.7 Å². The maximum Gasteiger partial charge on any atom is 0.412 e. The van der Waals surface area contributed by atoms with Crippen molar-refractivity contribution in [1.29, 1.82) is 0 Å². The summed E-state index contributed by atoms with van der Waals surface area (Å²) in [6, 6.07) is 7.34. The summed E-state index contributed by atoms with van der Waals surface area (Å²) in [5.74, 6) is -1.21.